The quantitative estimate of drug-likeness (QED) is 0.377. The molecule has 3 heterocycles. The van der Waals surface area contributed by atoms with Crippen molar-refractivity contribution in [1.82, 2.24) is 19.7 Å². The molecule has 0 fully saturated rings. The van der Waals surface area contributed by atoms with Gasteiger partial charge in [0.15, 0.2) is 5.76 Å². The van der Waals surface area contributed by atoms with Gasteiger partial charge in [0, 0.05) is 38.4 Å². The van der Waals surface area contributed by atoms with E-state index in [-0.39, 0.29) is 14.5 Å². The summed E-state index contributed by atoms with van der Waals surface area (Å²) in [6, 6.07) is 15.1. The Morgan fingerprint density at radius 2 is 1.94 bits per heavy atom. The average molecular weight is 473 g/mol. The highest BCUT2D eigenvalue weighted by atomic mass is 16.5. The SMILES string of the molecule is CCC(C#N)(CC)n1cc(-c2cnc(C)c(-c3cc(-c4cccc([C@@H](C)N)c4)no3)n2)ccc1=O.[HH].[HH]. The number of aromatic nitrogens is 4. The average Bonchev–Trinajstić information content (AvgIpc) is 3.37. The molecule has 0 spiro atoms. The Hall–Kier alpha value is -4.09. The highest BCUT2D eigenvalue weighted by Crippen LogP contribution is 2.30. The molecule has 0 saturated carbocycles. The molecule has 1 aromatic carbocycles. The van der Waals surface area contributed by atoms with E-state index >= 15 is 0 Å². The first-order chi connectivity index (χ1) is 16.8. The maximum Gasteiger partial charge on any atom is 0.251 e. The van der Waals surface area contributed by atoms with Gasteiger partial charge in [-0.25, -0.2) is 4.98 Å². The molecule has 0 aliphatic rings. The molecule has 8 heteroatoms. The Morgan fingerprint density at radius 1 is 1.17 bits per heavy atom. The van der Waals surface area contributed by atoms with Crippen LogP contribution in [0.1, 0.15) is 53.8 Å². The molecule has 35 heavy (non-hydrogen) atoms. The molecule has 182 valence electrons. The fourth-order valence-electron chi connectivity index (χ4n) is 4.10. The van der Waals surface area contributed by atoms with Gasteiger partial charge in [-0.15, -0.1) is 0 Å². The fraction of sp³-hybridized carbons (Fsp3) is 0.296. The zero-order valence-corrected chi connectivity index (χ0v) is 20.3. The van der Waals surface area contributed by atoms with Crippen LogP contribution < -0.4 is 11.3 Å². The summed E-state index contributed by atoms with van der Waals surface area (Å²) in [5, 5.41) is 14.1. The van der Waals surface area contributed by atoms with Crippen LogP contribution in [0.5, 0.6) is 0 Å². The highest BCUT2D eigenvalue weighted by molar-refractivity contribution is 5.68. The summed E-state index contributed by atoms with van der Waals surface area (Å²) in [4.78, 5) is 21.9. The fourth-order valence-corrected chi connectivity index (χ4v) is 4.10. The summed E-state index contributed by atoms with van der Waals surface area (Å²) >= 11 is 0. The van der Waals surface area contributed by atoms with Crippen LogP contribution in [0.4, 0.5) is 0 Å². The van der Waals surface area contributed by atoms with Gasteiger partial charge < -0.3 is 10.3 Å². The van der Waals surface area contributed by atoms with Crippen LogP contribution in [0.25, 0.3) is 34.0 Å². The summed E-state index contributed by atoms with van der Waals surface area (Å²) in [5.41, 5.74) is 9.95. The van der Waals surface area contributed by atoms with Crippen LogP contribution in [0.2, 0.25) is 0 Å². The number of nitrogens with two attached hydrogens (primary N) is 1. The largest absolute Gasteiger partial charge is 0.354 e. The first-order valence-corrected chi connectivity index (χ1v) is 11.6. The van der Waals surface area contributed by atoms with Crippen molar-refractivity contribution in [2.45, 2.75) is 52.1 Å². The standard InChI is InChI=1S/C27H28N6O2.2H2/c1-5-27(6-2,16-28)33-15-21(10-11-25(33)34)23-14-30-18(4)26(31-23)24-13-22(32-35-24)20-9-7-8-19(12-20)17(3)29;;/h7-15,17H,5-6,29H2,1-4H3;2*1H/t17-;;/m1../s1. The van der Waals surface area contributed by atoms with Crippen molar-refractivity contribution in [2.24, 2.45) is 5.73 Å². The van der Waals surface area contributed by atoms with Crippen molar-refractivity contribution in [2.75, 3.05) is 0 Å². The Labute approximate surface area is 207 Å². The lowest BCUT2D eigenvalue weighted by atomic mass is 9.94. The lowest BCUT2D eigenvalue weighted by molar-refractivity contribution is 0.345. The van der Waals surface area contributed by atoms with Crippen molar-refractivity contribution in [3.05, 3.63) is 76.5 Å². The van der Waals surface area contributed by atoms with Crippen LogP contribution in [0.15, 0.2) is 64.2 Å². The van der Waals surface area contributed by atoms with Crippen LogP contribution in [0.3, 0.4) is 0 Å². The summed E-state index contributed by atoms with van der Waals surface area (Å²) < 4.78 is 7.15. The van der Waals surface area contributed by atoms with Crippen molar-refractivity contribution in [1.29, 1.82) is 5.26 Å². The molecular formula is C27H32N6O2. The van der Waals surface area contributed by atoms with Gasteiger partial charge in [0.2, 0.25) is 0 Å². The minimum atomic E-state index is -0.913. The van der Waals surface area contributed by atoms with Crippen molar-refractivity contribution in [3.63, 3.8) is 0 Å². The lowest BCUT2D eigenvalue weighted by Gasteiger charge is -2.26. The van der Waals surface area contributed by atoms with E-state index in [2.05, 4.69) is 16.2 Å². The van der Waals surface area contributed by atoms with Crippen LogP contribution >= 0.6 is 0 Å². The zero-order valence-electron chi connectivity index (χ0n) is 20.3. The van der Waals surface area contributed by atoms with E-state index in [0.717, 1.165) is 11.1 Å². The van der Waals surface area contributed by atoms with Gasteiger partial charge in [0.1, 0.15) is 16.9 Å². The molecule has 8 nitrogen and oxygen atoms in total. The maximum atomic E-state index is 12.6. The predicted octanol–water partition coefficient (Wildman–Crippen LogP) is 5.49. The van der Waals surface area contributed by atoms with Gasteiger partial charge in [-0.3, -0.25) is 14.3 Å². The Morgan fingerprint density at radius 3 is 2.63 bits per heavy atom. The molecule has 2 N–H and O–H groups in total. The van der Waals surface area contributed by atoms with Gasteiger partial charge in [-0.05, 0) is 44.4 Å². The summed E-state index contributed by atoms with van der Waals surface area (Å²) in [7, 11) is 0. The monoisotopic (exact) mass is 472 g/mol. The van der Waals surface area contributed by atoms with Gasteiger partial charge in [0.25, 0.3) is 5.56 Å². The number of aryl methyl sites for hydroxylation is 1. The molecule has 0 amide bonds. The first kappa shape index (κ1) is 24.0. The number of hydrogen-bond acceptors (Lipinski definition) is 7. The van der Waals surface area contributed by atoms with Gasteiger partial charge in [-0.2, -0.15) is 5.26 Å². The van der Waals surface area contributed by atoms with Gasteiger partial charge in [-0.1, -0.05) is 37.2 Å². The molecule has 4 aromatic rings. The third kappa shape index (κ3) is 4.51. The highest BCUT2D eigenvalue weighted by Gasteiger charge is 2.29. The second-order valence-corrected chi connectivity index (χ2v) is 8.66. The topological polar surface area (TPSA) is 124 Å². The second kappa shape index (κ2) is 9.65. The lowest BCUT2D eigenvalue weighted by Crippen LogP contribution is -2.38. The predicted molar refractivity (Wildman–Crippen MR) is 138 cm³/mol. The molecule has 0 saturated heterocycles. The number of pyridine rings is 1. The molecule has 0 aliphatic carbocycles. The van der Waals surface area contributed by atoms with E-state index in [1.165, 1.54) is 10.6 Å². The molecule has 4 rings (SSSR count). The molecule has 0 radical (unpaired) electrons. The van der Waals surface area contributed by atoms with Crippen LogP contribution in [0, 0.1) is 18.3 Å². The number of benzene rings is 1. The number of hydrogen-bond donors (Lipinski definition) is 1. The number of nitrogens with zero attached hydrogens (tertiary/aromatic N) is 5. The smallest absolute Gasteiger partial charge is 0.251 e. The molecular weight excluding hydrogens is 440 g/mol. The van der Waals surface area contributed by atoms with E-state index in [9.17, 15) is 10.1 Å². The molecule has 1 atom stereocenters. The zero-order chi connectivity index (χ0) is 25.2. The van der Waals surface area contributed by atoms with E-state index < -0.39 is 5.54 Å². The van der Waals surface area contributed by atoms with Crippen LogP contribution in [-0.4, -0.2) is 19.7 Å². The normalized spacial score (nSPS) is 12.3. The van der Waals surface area contributed by atoms with E-state index in [4.69, 9.17) is 15.2 Å². The third-order valence-corrected chi connectivity index (χ3v) is 6.45. The third-order valence-electron chi connectivity index (χ3n) is 6.45. The minimum Gasteiger partial charge on any atom is -0.354 e. The van der Waals surface area contributed by atoms with E-state index in [0.29, 0.717) is 46.9 Å². The summed E-state index contributed by atoms with van der Waals surface area (Å²) in [6.07, 6.45) is 4.36. The molecule has 0 bridgehead atoms. The Kier molecular flexibility index (Phi) is 6.63. The van der Waals surface area contributed by atoms with E-state index in [1.54, 1.807) is 18.5 Å². The van der Waals surface area contributed by atoms with E-state index in [1.807, 2.05) is 58.0 Å². The summed E-state index contributed by atoms with van der Waals surface area (Å²) in [5.74, 6) is 0.486. The number of rotatable bonds is 7. The van der Waals surface area contributed by atoms with Crippen molar-refractivity contribution in [3.8, 4) is 40.0 Å². The van der Waals surface area contributed by atoms with Crippen molar-refractivity contribution >= 4 is 0 Å². The molecule has 3 aromatic heterocycles. The van der Waals surface area contributed by atoms with Crippen molar-refractivity contribution < 1.29 is 7.38 Å². The summed E-state index contributed by atoms with van der Waals surface area (Å²) in [6.45, 7) is 7.59. The molecule has 0 aliphatic heterocycles. The van der Waals surface area contributed by atoms with Crippen LogP contribution in [-0.2, 0) is 5.54 Å². The maximum absolute atomic E-state index is 12.6. The second-order valence-electron chi connectivity index (χ2n) is 8.66. The minimum absolute atomic E-state index is 0. The Balaban J connectivity index is 0.00000241. The number of nitriles is 1. The van der Waals surface area contributed by atoms with Gasteiger partial charge in [0.05, 0.1) is 23.7 Å². The first-order valence-electron chi connectivity index (χ1n) is 11.6. The Bertz CT molecular complexity index is 1470. The van der Waals surface area contributed by atoms with Gasteiger partial charge >= 0.3 is 0 Å². The molecule has 0 unspecified atom stereocenters.